The second-order valence-corrected chi connectivity index (χ2v) is 6.28. The van der Waals surface area contributed by atoms with Gasteiger partial charge in [-0.3, -0.25) is 10.2 Å². The van der Waals surface area contributed by atoms with Crippen molar-refractivity contribution >= 4 is 5.91 Å². The molecule has 22 heavy (non-hydrogen) atoms. The van der Waals surface area contributed by atoms with Crippen LogP contribution < -0.4 is 11.3 Å². The molecule has 4 nitrogen and oxygen atoms in total. The van der Waals surface area contributed by atoms with Crippen LogP contribution in [0.15, 0.2) is 35.8 Å². The van der Waals surface area contributed by atoms with Crippen molar-refractivity contribution in [3.8, 4) is 0 Å². The average molecular weight is 307 g/mol. The van der Waals surface area contributed by atoms with Crippen LogP contribution in [0.5, 0.6) is 0 Å². The predicted molar refractivity (Wildman–Crippen MR) is 86.1 cm³/mol. The number of hydrogen-bond donors (Lipinski definition) is 2. The molecule has 1 amide bonds. The Kier molecular flexibility index (Phi) is 6.19. The van der Waals surface area contributed by atoms with Gasteiger partial charge in [0.05, 0.1) is 0 Å². The molecule has 1 unspecified atom stereocenters. The summed E-state index contributed by atoms with van der Waals surface area (Å²) in [5.41, 5.74) is 3.34. The molecule has 2 aliphatic rings. The van der Waals surface area contributed by atoms with Gasteiger partial charge >= 0.3 is 0 Å². The molecule has 1 fully saturated rings. The Balaban J connectivity index is 2.04. The number of hydrazine groups is 1. The normalized spacial score (nSPS) is 28.0. The number of allylic oxidation sites excluding steroid dienone is 5. The summed E-state index contributed by atoms with van der Waals surface area (Å²) in [6.07, 6.45) is 12.1. The summed E-state index contributed by atoms with van der Waals surface area (Å²) in [7, 11) is 0. The molecule has 1 heterocycles. The second kappa shape index (κ2) is 8.13. The molecule has 0 aromatic rings. The van der Waals surface area contributed by atoms with Gasteiger partial charge in [-0.2, -0.15) is 0 Å². The van der Waals surface area contributed by atoms with Gasteiger partial charge in [0, 0.05) is 31.6 Å². The van der Waals surface area contributed by atoms with Crippen molar-refractivity contribution < 1.29 is 9.18 Å². The number of nitrogens with zero attached hydrogens (tertiary/aromatic N) is 1. The second-order valence-electron chi connectivity index (χ2n) is 6.28. The lowest BCUT2D eigenvalue weighted by atomic mass is 9.93. The minimum atomic E-state index is -0.171. The van der Waals surface area contributed by atoms with Crippen LogP contribution in [0, 0.1) is 11.8 Å². The molecular weight excluding hydrogens is 281 g/mol. The minimum Gasteiger partial charge on any atom is -0.377 e. The Labute approximate surface area is 131 Å². The van der Waals surface area contributed by atoms with E-state index in [1.165, 1.54) is 12.5 Å². The lowest BCUT2D eigenvalue weighted by Gasteiger charge is -2.30. The number of hydrogen-bond acceptors (Lipinski definition) is 3. The van der Waals surface area contributed by atoms with Crippen molar-refractivity contribution in [2.24, 2.45) is 17.7 Å². The molecule has 1 aliphatic heterocycles. The number of rotatable bonds is 3. The van der Waals surface area contributed by atoms with Crippen molar-refractivity contribution in [3.63, 3.8) is 0 Å². The predicted octanol–water partition coefficient (Wildman–Crippen LogP) is 2.80. The Morgan fingerprint density at radius 1 is 1.45 bits per heavy atom. The standard InChI is InChI=1S/C17H26FN3O/c1-13-9-16(18)7-6-15(13)12-21-8-4-2-3-5-14(11-21)10-17(22)20-19/h6-7,9,12-14H,2-5,8,10-11,19H2,1H3,(H,20,22)/b15-12+/t13?,14-/m1/s1. The SMILES string of the molecule is CC1C=C(F)C=C/C1=C\N1CCCCC[C@H](CC(=O)NN)C1. The topological polar surface area (TPSA) is 58.4 Å². The highest BCUT2D eigenvalue weighted by molar-refractivity contribution is 5.75. The van der Waals surface area contributed by atoms with Gasteiger partial charge in [-0.05, 0) is 36.5 Å². The van der Waals surface area contributed by atoms with Crippen molar-refractivity contribution in [2.45, 2.75) is 39.0 Å². The van der Waals surface area contributed by atoms with Crippen molar-refractivity contribution in [2.75, 3.05) is 13.1 Å². The number of nitrogens with two attached hydrogens (primary N) is 1. The fraction of sp³-hybridized carbons (Fsp3) is 0.588. The summed E-state index contributed by atoms with van der Waals surface area (Å²) >= 11 is 0. The van der Waals surface area contributed by atoms with Gasteiger partial charge in [-0.1, -0.05) is 25.8 Å². The largest absolute Gasteiger partial charge is 0.377 e. The molecule has 5 heteroatoms. The molecular formula is C17H26FN3O. The van der Waals surface area contributed by atoms with E-state index < -0.39 is 0 Å². The van der Waals surface area contributed by atoms with E-state index >= 15 is 0 Å². The Bertz CT molecular complexity index is 484. The van der Waals surface area contributed by atoms with Crippen molar-refractivity contribution in [1.29, 1.82) is 0 Å². The van der Waals surface area contributed by atoms with Crippen molar-refractivity contribution in [1.82, 2.24) is 10.3 Å². The highest BCUT2D eigenvalue weighted by Gasteiger charge is 2.19. The molecule has 122 valence electrons. The molecule has 0 spiro atoms. The van der Waals surface area contributed by atoms with Crippen molar-refractivity contribution in [3.05, 3.63) is 35.8 Å². The molecule has 1 aliphatic carbocycles. The molecule has 1 saturated heterocycles. The number of carbonyl (C=O) groups is 1. The van der Waals surface area contributed by atoms with E-state index in [4.69, 9.17) is 5.84 Å². The van der Waals surface area contributed by atoms with E-state index in [0.29, 0.717) is 12.3 Å². The van der Waals surface area contributed by atoms with E-state index in [2.05, 4.69) is 16.5 Å². The fourth-order valence-electron chi connectivity index (χ4n) is 3.13. The maximum atomic E-state index is 13.2. The van der Waals surface area contributed by atoms with Crippen LogP contribution in [0.1, 0.15) is 39.0 Å². The maximum Gasteiger partial charge on any atom is 0.234 e. The highest BCUT2D eigenvalue weighted by atomic mass is 19.1. The van der Waals surface area contributed by atoms with Gasteiger partial charge in [0.1, 0.15) is 5.83 Å². The van der Waals surface area contributed by atoms with Gasteiger partial charge in [0.15, 0.2) is 0 Å². The zero-order valence-corrected chi connectivity index (χ0v) is 13.2. The third-order valence-electron chi connectivity index (χ3n) is 4.39. The number of nitrogens with one attached hydrogen (secondary N) is 1. The third kappa shape index (κ3) is 4.98. The first-order valence-corrected chi connectivity index (χ1v) is 8.09. The third-order valence-corrected chi connectivity index (χ3v) is 4.39. The van der Waals surface area contributed by atoms with Gasteiger partial charge < -0.3 is 4.90 Å². The molecule has 0 aromatic heterocycles. The van der Waals surface area contributed by atoms with Crippen LogP contribution in [0.2, 0.25) is 0 Å². The highest BCUT2D eigenvalue weighted by Crippen LogP contribution is 2.25. The summed E-state index contributed by atoms with van der Waals surface area (Å²) in [6.45, 7) is 3.83. The quantitative estimate of drug-likeness (QED) is 0.479. The van der Waals surface area contributed by atoms with Gasteiger partial charge in [0.25, 0.3) is 0 Å². The Hall–Kier alpha value is -1.62. The van der Waals surface area contributed by atoms with Gasteiger partial charge in [-0.15, -0.1) is 0 Å². The zero-order chi connectivity index (χ0) is 15.9. The van der Waals surface area contributed by atoms with E-state index in [0.717, 1.165) is 37.9 Å². The van der Waals surface area contributed by atoms with E-state index in [9.17, 15) is 9.18 Å². The molecule has 0 saturated carbocycles. The monoisotopic (exact) mass is 307 g/mol. The molecule has 2 atom stereocenters. The smallest absolute Gasteiger partial charge is 0.234 e. The molecule has 2 rings (SSSR count). The summed E-state index contributed by atoms with van der Waals surface area (Å²) in [5.74, 6) is 5.32. The lowest BCUT2D eigenvalue weighted by molar-refractivity contribution is -0.122. The van der Waals surface area contributed by atoms with Crippen LogP contribution in [0.4, 0.5) is 4.39 Å². The molecule has 0 aromatic carbocycles. The van der Waals surface area contributed by atoms with Crippen LogP contribution >= 0.6 is 0 Å². The molecule has 0 bridgehead atoms. The van der Waals surface area contributed by atoms with E-state index in [1.54, 1.807) is 6.08 Å². The summed E-state index contributed by atoms with van der Waals surface area (Å²) in [5, 5.41) is 0. The fourth-order valence-corrected chi connectivity index (χ4v) is 3.13. The minimum absolute atomic E-state index is 0.0845. The number of carbonyl (C=O) groups excluding carboxylic acids is 1. The summed E-state index contributed by atoms with van der Waals surface area (Å²) in [4.78, 5) is 13.8. The van der Waals surface area contributed by atoms with Crippen LogP contribution in [-0.4, -0.2) is 23.9 Å². The van der Waals surface area contributed by atoms with E-state index in [-0.39, 0.29) is 17.7 Å². The Morgan fingerprint density at radius 3 is 3.00 bits per heavy atom. The average Bonchev–Trinajstić information content (AvgIpc) is 2.46. The first-order chi connectivity index (χ1) is 10.6. The first kappa shape index (κ1) is 16.7. The number of amides is 1. The zero-order valence-electron chi connectivity index (χ0n) is 13.2. The van der Waals surface area contributed by atoms with Gasteiger partial charge in [-0.25, -0.2) is 10.2 Å². The Morgan fingerprint density at radius 2 is 2.27 bits per heavy atom. The lowest BCUT2D eigenvalue weighted by Crippen LogP contribution is -2.35. The molecule has 0 radical (unpaired) electrons. The van der Waals surface area contributed by atoms with E-state index in [1.807, 2.05) is 13.0 Å². The first-order valence-electron chi connectivity index (χ1n) is 8.09. The van der Waals surface area contributed by atoms with Crippen LogP contribution in [-0.2, 0) is 4.79 Å². The van der Waals surface area contributed by atoms with Crippen LogP contribution in [0.3, 0.4) is 0 Å². The number of halogens is 1. The van der Waals surface area contributed by atoms with Gasteiger partial charge in [0.2, 0.25) is 5.91 Å². The maximum absolute atomic E-state index is 13.2. The molecule has 3 N–H and O–H groups in total. The summed E-state index contributed by atoms with van der Waals surface area (Å²) < 4.78 is 13.2. The number of likely N-dealkylation sites (tertiary alicyclic amines) is 1. The van der Waals surface area contributed by atoms with Crippen LogP contribution in [0.25, 0.3) is 0 Å². The summed E-state index contributed by atoms with van der Waals surface area (Å²) in [6, 6.07) is 0.